The van der Waals surface area contributed by atoms with Gasteiger partial charge in [0.2, 0.25) is 5.91 Å². The van der Waals surface area contributed by atoms with Crippen LogP contribution in [0.3, 0.4) is 0 Å². The Bertz CT molecular complexity index is 440. The van der Waals surface area contributed by atoms with Gasteiger partial charge in [0.25, 0.3) is 0 Å². The van der Waals surface area contributed by atoms with Crippen molar-refractivity contribution in [3.63, 3.8) is 0 Å². The average molecular weight is 315 g/mol. The predicted octanol–water partition coefficient (Wildman–Crippen LogP) is -0.308. The van der Waals surface area contributed by atoms with Gasteiger partial charge in [0.15, 0.2) is 6.10 Å². The van der Waals surface area contributed by atoms with Crippen LogP contribution >= 0.6 is 0 Å². The Kier molecular flexibility index (Phi) is 6.31. The number of hydrogen-bond donors (Lipinski definition) is 5. The minimum absolute atomic E-state index is 0.0742. The van der Waals surface area contributed by atoms with E-state index in [0.717, 1.165) is 0 Å². The van der Waals surface area contributed by atoms with Gasteiger partial charge in [-0.25, -0.2) is 4.79 Å². The SMILES string of the molecule is CC(=O)N[C@@H]1[C@@H](CC(=N)N)C[C@H](C(=O)O)O[C@H]1[C@H](C)[C@@H](C)O. The van der Waals surface area contributed by atoms with Crippen molar-refractivity contribution < 1.29 is 24.5 Å². The van der Waals surface area contributed by atoms with E-state index < -0.39 is 30.3 Å². The highest BCUT2D eigenvalue weighted by Gasteiger charge is 2.44. The molecule has 22 heavy (non-hydrogen) atoms. The molecule has 0 bridgehead atoms. The molecule has 0 aromatic heterocycles. The van der Waals surface area contributed by atoms with Crippen LogP contribution < -0.4 is 11.1 Å². The molecular formula is C14H25N3O5. The topological polar surface area (TPSA) is 146 Å². The molecule has 8 nitrogen and oxygen atoms in total. The molecule has 0 spiro atoms. The molecule has 6 atom stereocenters. The predicted molar refractivity (Wildman–Crippen MR) is 79.4 cm³/mol. The van der Waals surface area contributed by atoms with Crippen molar-refractivity contribution in [2.24, 2.45) is 17.6 Å². The number of aliphatic carboxylic acids is 1. The summed E-state index contributed by atoms with van der Waals surface area (Å²) < 4.78 is 5.61. The Balaban J connectivity index is 3.10. The molecule has 1 fully saturated rings. The third-order valence-corrected chi connectivity index (χ3v) is 4.11. The fourth-order valence-corrected chi connectivity index (χ4v) is 2.83. The maximum Gasteiger partial charge on any atom is 0.332 e. The number of carboxylic acid groups (broad SMARTS) is 1. The maximum absolute atomic E-state index is 11.5. The zero-order chi connectivity index (χ0) is 17.0. The molecule has 1 saturated heterocycles. The Hall–Kier alpha value is -1.67. The quantitative estimate of drug-likeness (QED) is 0.336. The minimum atomic E-state index is -1.10. The first-order valence-electron chi connectivity index (χ1n) is 7.29. The van der Waals surface area contributed by atoms with Crippen LogP contribution in [0, 0.1) is 17.2 Å². The highest BCUT2D eigenvalue weighted by Crippen LogP contribution is 2.33. The van der Waals surface area contributed by atoms with E-state index in [1.807, 2.05) is 0 Å². The first-order chi connectivity index (χ1) is 10.1. The van der Waals surface area contributed by atoms with Gasteiger partial charge in [-0.05, 0) is 19.3 Å². The van der Waals surface area contributed by atoms with Gasteiger partial charge in [-0.2, -0.15) is 0 Å². The molecule has 1 heterocycles. The van der Waals surface area contributed by atoms with E-state index in [1.165, 1.54) is 6.92 Å². The van der Waals surface area contributed by atoms with E-state index in [2.05, 4.69) is 5.32 Å². The highest BCUT2D eigenvalue weighted by molar-refractivity contribution is 5.78. The average Bonchev–Trinajstić information content (AvgIpc) is 2.38. The lowest BCUT2D eigenvalue weighted by Gasteiger charge is -2.44. The zero-order valence-corrected chi connectivity index (χ0v) is 13.1. The smallest absolute Gasteiger partial charge is 0.332 e. The molecule has 0 aromatic carbocycles. The van der Waals surface area contributed by atoms with Gasteiger partial charge in [0.05, 0.1) is 24.1 Å². The molecule has 1 aliphatic rings. The summed E-state index contributed by atoms with van der Waals surface area (Å²) in [4.78, 5) is 22.8. The molecule has 8 heteroatoms. The number of carbonyl (C=O) groups excluding carboxylic acids is 1. The summed E-state index contributed by atoms with van der Waals surface area (Å²) in [5.74, 6) is -2.16. The number of amidine groups is 1. The summed E-state index contributed by atoms with van der Waals surface area (Å²) in [6.45, 7) is 4.68. The third kappa shape index (κ3) is 4.67. The summed E-state index contributed by atoms with van der Waals surface area (Å²) in [6.07, 6.45) is -2.11. The van der Waals surface area contributed by atoms with Crippen LogP contribution in [-0.2, 0) is 14.3 Å². The van der Waals surface area contributed by atoms with Gasteiger partial charge >= 0.3 is 5.97 Å². The molecule has 6 N–H and O–H groups in total. The second-order valence-corrected chi connectivity index (χ2v) is 5.98. The number of aliphatic hydroxyl groups is 1. The molecular weight excluding hydrogens is 290 g/mol. The Morgan fingerprint density at radius 3 is 2.45 bits per heavy atom. The molecule has 126 valence electrons. The van der Waals surface area contributed by atoms with Crippen molar-refractivity contribution in [1.29, 1.82) is 5.41 Å². The highest BCUT2D eigenvalue weighted by atomic mass is 16.5. The van der Waals surface area contributed by atoms with Crippen molar-refractivity contribution in [2.45, 2.75) is 58.0 Å². The van der Waals surface area contributed by atoms with E-state index in [9.17, 15) is 19.8 Å². The number of rotatable bonds is 6. The van der Waals surface area contributed by atoms with Crippen molar-refractivity contribution >= 4 is 17.7 Å². The first-order valence-corrected chi connectivity index (χ1v) is 7.29. The second-order valence-electron chi connectivity index (χ2n) is 5.98. The number of ether oxygens (including phenoxy) is 1. The number of carboxylic acids is 1. The molecule has 1 rings (SSSR count). The standard InChI is InChI=1S/C14H25N3O5/c1-6(7(2)18)13-12(17-8(3)19)9(5-11(15)16)4-10(22-13)14(20)21/h6-7,9-10,12-13,18H,4-5H2,1-3H3,(H3,15,16)(H,17,19)(H,20,21)/t6-,7-,9-,10-,12-,13+/m1/s1. The summed E-state index contributed by atoms with van der Waals surface area (Å²) in [7, 11) is 0. The summed E-state index contributed by atoms with van der Waals surface area (Å²) in [6, 6.07) is -0.499. The summed E-state index contributed by atoms with van der Waals surface area (Å²) in [5, 5.41) is 29.3. The van der Waals surface area contributed by atoms with E-state index in [1.54, 1.807) is 13.8 Å². The maximum atomic E-state index is 11.5. The van der Waals surface area contributed by atoms with Gasteiger partial charge < -0.3 is 26.0 Å². The molecule has 0 aliphatic carbocycles. The lowest BCUT2D eigenvalue weighted by molar-refractivity contribution is -0.174. The van der Waals surface area contributed by atoms with E-state index in [0.29, 0.717) is 0 Å². The van der Waals surface area contributed by atoms with Crippen LogP contribution in [-0.4, -0.2) is 52.3 Å². The minimum Gasteiger partial charge on any atom is -0.479 e. The van der Waals surface area contributed by atoms with Gasteiger partial charge in [0, 0.05) is 19.3 Å². The monoisotopic (exact) mass is 315 g/mol. The second kappa shape index (κ2) is 7.55. The molecule has 0 saturated carbocycles. The van der Waals surface area contributed by atoms with Crippen LogP contribution in [0.25, 0.3) is 0 Å². The summed E-state index contributed by atoms with van der Waals surface area (Å²) >= 11 is 0. The fourth-order valence-electron chi connectivity index (χ4n) is 2.83. The molecule has 0 radical (unpaired) electrons. The number of nitrogens with two attached hydrogens (primary N) is 1. The van der Waals surface area contributed by atoms with E-state index >= 15 is 0 Å². The van der Waals surface area contributed by atoms with Crippen LogP contribution in [0.4, 0.5) is 0 Å². The number of hydrogen-bond acceptors (Lipinski definition) is 5. The molecule has 0 unspecified atom stereocenters. The Morgan fingerprint density at radius 1 is 1.45 bits per heavy atom. The molecule has 0 aromatic rings. The van der Waals surface area contributed by atoms with Crippen molar-refractivity contribution in [3.8, 4) is 0 Å². The number of aliphatic hydroxyl groups excluding tert-OH is 1. The lowest BCUT2D eigenvalue weighted by Crippen LogP contribution is -2.59. The molecule has 1 aliphatic heterocycles. The van der Waals surface area contributed by atoms with Gasteiger partial charge in [-0.3, -0.25) is 10.2 Å². The van der Waals surface area contributed by atoms with Crippen molar-refractivity contribution in [2.75, 3.05) is 0 Å². The zero-order valence-electron chi connectivity index (χ0n) is 13.1. The van der Waals surface area contributed by atoms with Gasteiger partial charge in [-0.1, -0.05) is 6.92 Å². The normalized spacial score (nSPS) is 31.1. The number of nitrogens with one attached hydrogen (secondary N) is 2. The lowest BCUT2D eigenvalue weighted by atomic mass is 9.78. The molecule has 1 amide bonds. The number of amides is 1. The van der Waals surface area contributed by atoms with Crippen LogP contribution in [0.5, 0.6) is 0 Å². The van der Waals surface area contributed by atoms with Crippen LogP contribution in [0.2, 0.25) is 0 Å². The number of carbonyl (C=O) groups is 2. The Morgan fingerprint density at radius 2 is 2.05 bits per heavy atom. The van der Waals surface area contributed by atoms with Crippen molar-refractivity contribution in [3.05, 3.63) is 0 Å². The Labute approximate surface area is 129 Å². The van der Waals surface area contributed by atoms with Gasteiger partial charge in [0.1, 0.15) is 0 Å². The van der Waals surface area contributed by atoms with Crippen molar-refractivity contribution in [1.82, 2.24) is 5.32 Å². The van der Waals surface area contributed by atoms with E-state index in [-0.39, 0.29) is 36.4 Å². The first kappa shape index (κ1) is 18.4. The van der Waals surface area contributed by atoms with Crippen LogP contribution in [0.15, 0.2) is 0 Å². The third-order valence-electron chi connectivity index (χ3n) is 4.11. The van der Waals surface area contributed by atoms with E-state index in [4.69, 9.17) is 15.9 Å². The summed E-state index contributed by atoms with van der Waals surface area (Å²) in [5.41, 5.74) is 5.45. The van der Waals surface area contributed by atoms with Crippen LogP contribution in [0.1, 0.15) is 33.6 Å². The largest absolute Gasteiger partial charge is 0.479 e. The van der Waals surface area contributed by atoms with Gasteiger partial charge in [-0.15, -0.1) is 0 Å². The fraction of sp³-hybridized carbons (Fsp3) is 0.786.